The highest BCUT2D eigenvalue weighted by molar-refractivity contribution is 5.59. The van der Waals surface area contributed by atoms with Crippen LogP contribution in [0, 0.1) is 12.8 Å². The Morgan fingerprint density at radius 1 is 0.967 bits per heavy atom. The van der Waals surface area contributed by atoms with E-state index in [-0.39, 0.29) is 0 Å². The van der Waals surface area contributed by atoms with Crippen LogP contribution >= 0.6 is 0 Å². The molecule has 0 N–H and O–H groups in total. The van der Waals surface area contributed by atoms with Crippen LogP contribution in [-0.4, -0.2) is 25.0 Å². The summed E-state index contributed by atoms with van der Waals surface area (Å²) < 4.78 is 7.49. The molecule has 2 aromatic heterocycles. The molecule has 0 spiro atoms. The third kappa shape index (κ3) is 4.89. The van der Waals surface area contributed by atoms with Crippen molar-refractivity contribution < 1.29 is 4.74 Å². The van der Waals surface area contributed by atoms with Crippen LogP contribution in [0.5, 0.6) is 5.75 Å². The average Bonchev–Trinajstić information content (AvgIpc) is 3.23. The molecular formula is C24H25N5O. The molecule has 2 heterocycles. The van der Waals surface area contributed by atoms with Crippen LogP contribution in [0.2, 0.25) is 0 Å². The van der Waals surface area contributed by atoms with Gasteiger partial charge in [-0.05, 0) is 55.2 Å². The number of aryl methyl sites for hydroxylation is 1. The Morgan fingerprint density at radius 2 is 1.73 bits per heavy atom. The zero-order valence-electron chi connectivity index (χ0n) is 17.5. The van der Waals surface area contributed by atoms with Crippen LogP contribution < -0.4 is 4.74 Å². The first kappa shape index (κ1) is 19.8. The van der Waals surface area contributed by atoms with Crippen LogP contribution in [0.1, 0.15) is 30.8 Å². The fourth-order valence-electron chi connectivity index (χ4n) is 3.20. The third-order valence-corrected chi connectivity index (χ3v) is 4.61. The van der Waals surface area contributed by atoms with Gasteiger partial charge in [0.05, 0.1) is 6.20 Å². The quantitative estimate of drug-likeness (QED) is 0.446. The van der Waals surface area contributed by atoms with Gasteiger partial charge in [-0.25, -0.2) is 9.97 Å². The molecule has 0 aliphatic carbocycles. The van der Waals surface area contributed by atoms with E-state index in [1.165, 1.54) is 0 Å². The molecule has 0 unspecified atom stereocenters. The topological polar surface area (TPSA) is 65.7 Å². The maximum absolute atomic E-state index is 5.85. The molecule has 4 rings (SSSR count). The smallest absolute Gasteiger partial charge is 0.252 e. The molecule has 2 aromatic carbocycles. The zero-order chi connectivity index (χ0) is 20.9. The summed E-state index contributed by atoms with van der Waals surface area (Å²) in [4.78, 5) is 9.16. The van der Waals surface area contributed by atoms with Gasteiger partial charge < -0.3 is 4.74 Å². The maximum atomic E-state index is 5.85. The van der Waals surface area contributed by atoms with Gasteiger partial charge in [0, 0.05) is 17.0 Å². The van der Waals surface area contributed by atoms with Gasteiger partial charge in [-0.3, -0.25) is 0 Å². The van der Waals surface area contributed by atoms with E-state index in [9.17, 15) is 0 Å². The lowest BCUT2D eigenvalue weighted by atomic mass is 10.1. The molecule has 0 bridgehead atoms. The van der Waals surface area contributed by atoms with E-state index < -0.39 is 0 Å². The Labute approximate surface area is 176 Å². The summed E-state index contributed by atoms with van der Waals surface area (Å²) in [5.41, 5.74) is 4.81. The lowest BCUT2D eigenvalue weighted by Crippen LogP contribution is -2.07. The highest BCUT2D eigenvalue weighted by Gasteiger charge is 2.10. The molecule has 4 aromatic rings. The molecule has 0 radical (unpaired) electrons. The minimum absolute atomic E-state index is 0.529. The molecular weight excluding hydrogens is 374 g/mol. The molecule has 0 aliphatic rings. The fourth-order valence-corrected chi connectivity index (χ4v) is 3.20. The predicted molar refractivity (Wildman–Crippen MR) is 116 cm³/mol. The van der Waals surface area contributed by atoms with Gasteiger partial charge in [-0.15, -0.1) is 5.10 Å². The van der Waals surface area contributed by atoms with Crippen molar-refractivity contribution in [2.24, 2.45) is 5.92 Å². The van der Waals surface area contributed by atoms with Gasteiger partial charge in [0.15, 0.2) is 0 Å². The Balaban J connectivity index is 1.48. The van der Waals surface area contributed by atoms with Crippen LogP contribution in [-0.2, 0) is 13.0 Å². The van der Waals surface area contributed by atoms with Crippen molar-refractivity contribution >= 4 is 0 Å². The second kappa shape index (κ2) is 8.86. The van der Waals surface area contributed by atoms with E-state index in [1.54, 1.807) is 4.68 Å². The maximum Gasteiger partial charge on any atom is 0.252 e. The van der Waals surface area contributed by atoms with Gasteiger partial charge in [-0.1, -0.05) is 49.4 Å². The molecule has 6 nitrogen and oxygen atoms in total. The molecule has 0 fully saturated rings. The number of ether oxygens (including phenoxy) is 1. The van der Waals surface area contributed by atoms with Crippen LogP contribution in [0.3, 0.4) is 0 Å². The summed E-state index contributed by atoms with van der Waals surface area (Å²) in [6.45, 7) is 6.87. The minimum atomic E-state index is 0.529. The van der Waals surface area contributed by atoms with Crippen molar-refractivity contribution in [1.82, 2.24) is 25.0 Å². The molecule has 0 aliphatic heterocycles. The number of hydrogen-bond acceptors (Lipinski definition) is 5. The van der Waals surface area contributed by atoms with Gasteiger partial charge in [0.2, 0.25) is 0 Å². The second-order valence-corrected chi connectivity index (χ2v) is 7.75. The van der Waals surface area contributed by atoms with Crippen molar-refractivity contribution in [3.63, 3.8) is 0 Å². The molecule has 0 saturated carbocycles. The van der Waals surface area contributed by atoms with Crippen molar-refractivity contribution in [1.29, 1.82) is 0 Å². The molecule has 6 heteroatoms. The Morgan fingerprint density at radius 3 is 2.47 bits per heavy atom. The van der Waals surface area contributed by atoms with Crippen LogP contribution in [0.25, 0.3) is 17.2 Å². The highest BCUT2D eigenvalue weighted by Crippen LogP contribution is 2.22. The summed E-state index contributed by atoms with van der Waals surface area (Å²) in [6, 6.07) is 20.0. The van der Waals surface area contributed by atoms with Gasteiger partial charge in [-0.2, -0.15) is 4.68 Å². The standard InChI is InChI=1S/C24H25N5O/c1-17(2)13-21-14-18(3)25-24(26-21)29-15-23(27-28-29)20-9-11-22(12-10-20)30-16-19-7-5-4-6-8-19/h4-12,14-15,17H,13,16H2,1-3H3. The lowest BCUT2D eigenvalue weighted by Gasteiger charge is -2.07. The number of rotatable bonds is 7. The van der Waals surface area contributed by atoms with E-state index in [0.717, 1.165) is 40.4 Å². The summed E-state index contributed by atoms with van der Waals surface area (Å²) in [5.74, 6) is 1.89. The summed E-state index contributed by atoms with van der Waals surface area (Å²) in [5, 5.41) is 8.53. The normalized spacial score (nSPS) is 11.1. The third-order valence-electron chi connectivity index (χ3n) is 4.61. The highest BCUT2D eigenvalue weighted by atomic mass is 16.5. The molecule has 0 amide bonds. The summed E-state index contributed by atoms with van der Waals surface area (Å²) >= 11 is 0. The fraction of sp³-hybridized carbons (Fsp3) is 0.250. The Bertz CT molecular complexity index is 1100. The Hall–Kier alpha value is -3.54. The second-order valence-electron chi connectivity index (χ2n) is 7.75. The van der Waals surface area contributed by atoms with E-state index in [2.05, 4.69) is 34.1 Å². The Kier molecular flexibility index (Phi) is 5.84. The van der Waals surface area contributed by atoms with Crippen LogP contribution in [0.4, 0.5) is 0 Å². The first-order chi connectivity index (χ1) is 14.6. The molecule has 0 saturated heterocycles. The van der Waals surface area contributed by atoms with Crippen molar-refractivity contribution in [2.45, 2.75) is 33.8 Å². The van der Waals surface area contributed by atoms with Crippen molar-refractivity contribution in [2.75, 3.05) is 0 Å². The van der Waals surface area contributed by atoms with Crippen LogP contribution in [0.15, 0.2) is 66.9 Å². The van der Waals surface area contributed by atoms with E-state index in [0.29, 0.717) is 18.5 Å². The van der Waals surface area contributed by atoms with Gasteiger partial charge in [0.25, 0.3) is 5.95 Å². The van der Waals surface area contributed by atoms with Gasteiger partial charge >= 0.3 is 0 Å². The van der Waals surface area contributed by atoms with Gasteiger partial charge in [0.1, 0.15) is 18.1 Å². The summed E-state index contributed by atoms with van der Waals surface area (Å²) in [6.07, 6.45) is 2.76. The van der Waals surface area contributed by atoms with E-state index in [4.69, 9.17) is 4.74 Å². The molecule has 152 valence electrons. The van der Waals surface area contributed by atoms with Crippen molar-refractivity contribution in [3.8, 4) is 23.0 Å². The monoisotopic (exact) mass is 399 g/mol. The molecule has 30 heavy (non-hydrogen) atoms. The average molecular weight is 399 g/mol. The van der Waals surface area contributed by atoms with E-state index in [1.807, 2.05) is 73.8 Å². The van der Waals surface area contributed by atoms with E-state index >= 15 is 0 Å². The summed E-state index contributed by atoms with van der Waals surface area (Å²) in [7, 11) is 0. The van der Waals surface area contributed by atoms with Crippen molar-refractivity contribution in [3.05, 3.63) is 83.8 Å². The zero-order valence-corrected chi connectivity index (χ0v) is 17.5. The minimum Gasteiger partial charge on any atom is -0.489 e. The number of nitrogens with zero attached hydrogens (tertiary/aromatic N) is 5. The number of benzene rings is 2. The largest absolute Gasteiger partial charge is 0.489 e. The number of aromatic nitrogens is 5. The first-order valence-electron chi connectivity index (χ1n) is 10.1. The molecule has 0 atom stereocenters. The first-order valence-corrected chi connectivity index (χ1v) is 10.1. The predicted octanol–water partition coefficient (Wildman–Crippen LogP) is 4.81. The lowest BCUT2D eigenvalue weighted by molar-refractivity contribution is 0.306. The SMILES string of the molecule is Cc1cc(CC(C)C)nc(-n2cc(-c3ccc(OCc4ccccc4)cc3)nn2)n1. The number of hydrogen-bond donors (Lipinski definition) is 0.